The van der Waals surface area contributed by atoms with Crippen LogP contribution in [0.3, 0.4) is 0 Å². The number of hydrogen-bond donors (Lipinski definition) is 1. The van der Waals surface area contributed by atoms with Crippen LogP contribution >= 0.6 is 0 Å². The molecule has 4 heteroatoms. The maximum atomic E-state index is 5.38. The molecule has 0 bridgehead atoms. The molecule has 4 nitrogen and oxygen atoms in total. The Morgan fingerprint density at radius 3 is 2.78 bits per heavy atom. The van der Waals surface area contributed by atoms with Crippen molar-refractivity contribution in [3.05, 3.63) is 24.2 Å². The van der Waals surface area contributed by atoms with Crippen LogP contribution in [0.5, 0.6) is 0 Å². The van der Waals surface area contributed by atoms with Gasteiger partial charge in [0.05, 0.1) is 12.3 Å². The molecule has 0 radical (unpaired) electrons. The zero-order valence-electron chi connectivity index (χ0n) is 11.6. The highest BCUT2D eigenvalue weighted by Gasteiger charge is 2.13. The third-order valence-electron chi connectivity index (χ3n) is 3.67. The molecule has 0 aromatic carbocycles. The van der Waals surface area contributed by atoms with E-state index in [2.05, 4.69) is 29.1 Å². The fraction of sp³-hybridized carbons (Fsp3) is 0.714. The van der Waals surface area contributed by atoms with Crippen LogP contribution in [0.2, 0.25) is 0 Å². The Balaban J connectivity index is 1.56. The SMILES string of the molecule is CC(NCCCN1CCN(C)CC1)c1ccco1. The Kier molecular flexibility index (Phi) is 5.23. The molecule has 1 aliphatic heterocycles. The van der Waals surface area contributed by atoms with Crippen LogP contribution in [-0.2, 0) is 0 Å². The fourth-order valence-corrected chi connectivity index (χ4v) is 2.33. The predicted octanol–water partition coefficient (Wildman–Crippen LogP) is 1.57. The summed E-state index contributed by atoms with van der Waals surface area (Å²) in [6.45, 7) is 9.23. The first-order valence-electron chi connectivity index (χ1n) is 6.93. The number of nitrogens with one attached hydrogen (secondary N) is 1. The maximum Gasteiger partial charge on any atom is 0.120 e. The minimum Gasteiger partial charge on any atom is -0.468 e. The van der Waals surface area contributed by atoms with Crippen LogP contribution in [0.1, 0.15) is 25.1 Å². The topological polar surface area (TPSA) is 31.6 Å². The van der Waals surface area contributed by atoms with Crippen LogP contribution < -0.4 is 5.32 Å². The first-order chi connectivity index (χ1) is 8.75. The van der Waals surface area contributed by atoms with Gasteiger partial charge in [0, 0.05) is 26.2 Å². The second kappa shape index (κ2) is 6.92. The number of nitrogens with zero attached hydrogens (tertiary/aromatic N) is 2. The zero-order valence-corrected chi connectivity index (χ0v) is 11.6. The van der Waals surface area contributed by atoms with Crippen molar-refractivity contribution in [2.45, 2.75) is 19.4 Å². The Morgan fingerprint density at radius 1 is 1.33 bits per heavy atom. The first-order valence-corrected chi connectivity index (χ1v) is 6.93. The van der Waals surface area contributed by atoms with E-state index in [9.17, 15) is 0 Å². The summed E-state index contributed by atoms with van der Waals surface area (Å²) in [5, 5.41) is 3.50. The van der Waals surface area contributed by atoms with Gasteiger partial charge < -0.3 is 19.5 Å². The average Bonchev–Trinajstić information content (AvgIpc) is 2.90. The molecule has 0 spiro atoms. The highest BCUT2D eigenvalue weighted by Crippen LogP contribution is 2.11. The molecule has 1 N–H and O–H groups in total. The van der Waals surface area contributed by atoms with E-state index in [0.717, 1.165) is 12.3 Å². The van der Waals surface area contributed by atoms with Crippen LogP contribution in [0.15, 0.2) is 22.8 Å². The van der Waals surface area contributed by atoms with Crippen molar-refractivity contribution in [2.75, 3.05) is 46.3 Å². The number of furan rings is 1. The highest BCUT2D eigenvalue weighted by atomic mass is 16.3. The van der Waals surface area contributed by atoms with Crippen molar-refractivity contribution in [1.82, 2.24) is 15.1 Å². The monoisotopic (exact) mass is 251 g/mol. The van der Waals surface area contributed by atoms with E-state index in [4.69, 9.17) is 4.42 Å². The molecule has 2 heterocycles. The van der Waals surface area contributed by atoms with E-state index >= 15 is 0 Å². The van der Waals surface area contributed by atoms with Crippen LogP contribution in [-0.4, -0.2) is 56.1 Å². The molecule has 1 fully saturated rings. The van der Waals surface area contributed by atoms with Gasteiger partial charge in [-0.2, -0.15) is 0 Å². The van der Waals surface area contributed by atoms with E-state index in [1.807, 2.05) is 12.1 Å². The van der Waals surface area contributed by atoms with Gasteiger partial charge in [-0.25, -0.2) is 0 Å². The maximum absolute atomic E-state index is 5.38. The molecule has 1 saturated heterocycles. The Morgan fingerprint density at radius 2 is 2.11 bits per heavy atom. The summed E-state index contributed by atoms with van der Waals surface area (Å²) in [5.74, 6) is 1.02. The lowest BCUT2D eigenvalue weighted by atomic mass is 10.2. The van der Waals surface area contributed by atoms with Gasteiger partial charge in [-0.1, -0.05) is 0 Å². The minimum absolute atomic E-state index is 0.312. The summed E-state index contributed by atoms with van der Waals surface area (Å²) < 4.78 is 5.38. The van der Waals surface area contributed by atoms with Crippen molar-refractivity contribution in [1.29, 1.82) is 0 Å². The normalized spacial score (nSPS) is 20.1. The van der Waals surface area contributed by atoms with Gasteiger partial charge >= 0.3 is 0 Å². The van der Waals surface area contributed by atoms with Crippen molar-refractivity contribution in [3.8, 4) is 0 Å². The molecular formula is C14H25N3O. The molecular weight excluding hydrogens is 226 g/mol. The largest absolute Gasteiger partial charge is 0.468 e. The Labute approximate surface area is 110 Å². The van der Waals surface area contributed by atoms with Crippen molar-refractivity contribution >= 4 is 0 Å². The highest BCUT2D eigenvalue weighted by molar-refractivity contribution is 5.02. The van der Waals surface area contributed by atoms with Crippen LogP contribution in [0, 0.1) is 0 Å². The van der Waals surface area contributed by atoms with Gasteiger partial charge in [-0.15, -0.1) is 0 Å². The minimum atomic E-state index is 0.312. The van der Waals surface area contributed by atoms with E-state index < -0.39 is 0 Å². The quantitative estimate of drug-likeness (QED) is 0.778. The molecule has 1 aromatic heterocycles. The molecule has 0 amide bonds. The van der Waals surface area contributed by atoms with Crippen LogP contribution in [0.25, 0.3) is 0 Å². The van der Waals surface area contributed by atoms with Crippen molar-refractivity contribution in [2.24, 2.45) is 0 Å². The lowest BCUT2D eigenvalue weighted by Crippen LogP contribution is -2.45. The number of likely N-dealkylation sites (N-methyl/N-ethyl adjacent to an activating group) is 1. The lowest BCUT2D eigenvalue weighted by molar-refractivity contribution is 0.152. The predicted molar refractivity (Wildman–Crippen MR) is 73.7 cm³/mol. The average molecular weight is 251 g/mol. The molecule has 1 atom stereocenters. The summed E-state index contributed by atoms with van der Waals surface area (Å²) in [6.07, 6.45) is 2.94. The van der Waals surface area contributed by atoms with E-state index in [1.165, 1.54) is 39.1 Å². The van der Waals surface area contributed by atoms with Gasteiger partial charge in [0.1, 0.15) is 5.76 Å². The molecule has 1 unspecified atom stereocenters. The molecule has 102 valence electrons. The molecule has 1 aliphatic rings. The van der Waals surface area contributed by atoms with Gasteiger partial charge in [0.15, 0.2) is 0 Å². The van der Waals surface area contributed by atoms with E-state index in [-0.39, 0.29) is 0 Å². The fourth-order valence-electron chi connectivity index (χ4n) is 2.33. The van der Waals surface area contributed by atoms with Gasteiger partial charge in [-0.05, 0) is 45.6 Å². The molecule has 0 saturated carbocycles. The summed E-state index contributed by atoms with van der Waals surface area (Å²) >= 11 is 0. The third-order valence-corrected chi connectivity index (χ3v) is 3.67. The standard InChI is InChI=1S/C14H25N3O/c1-13(14-5-3-12-18-14)15-6-4-7-17-10-8-16(2)9-11-17/h3,5,12-13,15H,4,6-11H2,1-2H3. The first kappa shape index (κ1) is 13.6. The molecule has 0 aliphatic carbocycles. The molecule has 18 heavy (non-hydrogen) atoms. The molecule has 2 rings (SSSR count). The van der Waals surface area contributed by atoms with Crippen molar-refractivity contribution < 1.29 is 4.42 Å². The summed E-state index contributed by atoms with van der Waals surface area (Å²) in [7, 11) is 2.20. The van der Waals surface area contributed by atoms with Gasteiger partial charge in [0.25, 0.3) is 0 Å². The number of rotatable bonds is 6. The number of hydrogen-bond acceptors (Lipinski definition) is 4. The van der Waals surface area contributed by atoms with Crippen molar-refractivity contribution in [3.63, 3.8) is 0 Å². The van der Waals surface area contributed by atoms with Gasteiger partial charge in [0.2, 0.25) is 0 Å². The third kappa shape index (κ3) is 4.12. The van der Waals surface area contributed by atoms with E-state index in [1.54, 1.807) is 6.26 Å². The molecule has 1 aromatic rings. The lowest BCUT2D eigenvalue weighted by Gasteiger charge is -2.32. The van der Waals surface area contributed by atoms with E-state index in [0.29, 0.717) is 6.04 Å². The Bertz CT molecular complexity index is 318. The summed E-state index contributed by atoms with van der Waals surface area (Å²) in [5.41, 5.74) is 0. The second-order valence-electron chi connectivity index (χ2n) is 5.19. The van der Waals surface area contributed by atoms with Gasteiger partial charge in [-0.3, -0.25) is 0 Å². The summed E-state index contributed by atoms with van der Waals surface area (Å²) in [6, 6.07) is 4.28. The number of piperazine rings is 1. The smallest absolute Gasteiger partial charge is 0.120 e. The Hall–Kier alpha value is -0.840. The second-order valence-corrected chi connectivity index (χ2v) is 5.19. The van der Waals surface area contributed by atoms with Crippen LogP contribution in [0.4, 0.5) is 0 Å². The summed E-state index contributed by atoms with van der Waals surface area (Å²) in [4.78, 5) is 4.95. The zero-order chi connectivity index (χ0) is 12.8.